The second-order valence-electron chi connectivity index (χ2n) is 8.54. The topological polar surface area (TPSA) is 63.0 Å². The van der Waals surface area contributed by atoms with E-state index in [4.69, 9.17) is 4.98 Å². The maximum atomic E-state index is 13.9. The Morgan fingerprint density at radius 3 is 2.83 bits per heavy atom. The molecule has 5 nitrogen and oxygen atoms in total. The van der Waals surface area contributed by atoms with Crippen molar-refractivity contribution < 1.29 is 0 Å². The highest BCUT2D eigenvalue weighted by Gasteiger charge is 2.43. The van der Waals surface area contributed by atoms with E-state index in [-0.39, 0.29) is 11.0 Å². The van der Waals surface area contributed by atoms with Crippen molar-refractivity contribution in [2.75, 3.05) is 5.75 Å². The molecule has 6 heteroatoms. The molecule has 3 aromatic rings. The van der Waals surface area contributed by atoms with E-state index in [0.29, 0.717) is 5.78 Å². The minimum Gasteiger partial charge on any atom is -0.268 e. The van der Waals surface area contributed by atoms with Crippen molar-refractivity contribution in [3.63, 3.8) is 0 Å². The Balaban J connectivity index is 1.68. The molecule has 29 heavy (non-hydrogen) atoms. The van der Waals surface area contributed by atoms with Gasteiger partial charge in [0, 0.05) is 16.7 Å². The van der Waals surface area contributed by atoms with Gasteiger partial charge in [-0.15, -0.1) is 5.10 Å². The molecule has 0 aliphatic heterocycles. The first-order valence-corrected chi connectivity index (χ1v) is 11.9. The highest BCUT2D eigenvalue weighted by atomic mass is 32.2. The number of aromatic amines is 1. The molecule has 2 aliphatic rings. The molecular weight excluding hydrogens is 380 g/mol. The van der Waals surface area contributed by atoms with Gasteiger partial charge >= 0.3 is 0 Å². The summed E-state index contributed by atoms with van der Waals surface area (Å²) >= 11 is 1.66. The zero-order valence-corrected chi connectivity index (χ0v) is 17.9. The zero-order chi connectivity index (χ0) is 19.8. The normalized spacial score (nSPS) is 17.4. The number of fused-ring (bicyclic) bond motifs is 5. The fourth-order valence-electron chi connectivity index (χ4n) is 5.22. The van der Waals surface area contributed by atoms with Gasteiger partial charge in [-0.05, 0) is 31.2 Å². The van der Waals surface area contributed by atoms with Crippen molar-refractivity contribution in [1.82, 2.24) is 19.6 Å². The maximum absolute atomic E-state index is 13.9. The molecule has 2 heterocycles. The molecular formula is C23H28N4OS. The van der Waals surface area contributed by atoms with Crippen molar-refractivity contribution in [2.24, 2.45) is 0 Å². The Morgan fingerprint density at radius 2 is 2.00 bits per heavy atom. The number of H-pyrrole nitrogens is 1. The van der Waals surface area contributed by atoms with Crippen LogP contribution in [0.3, 0.4) is 0 Å². The van der Waals surface area contributed by atoms with E-state index in [2.05, 4.69) is 35.3 Å². The van der Waals surface area contributed by atoms with Crippen molar-refractivity contribution in [1.29, 1.82) is 0 Å². The maximum Gasteiger partial charge on any atom is 0.265 e. The summed E-state index contributed by atoms with van der Waals surface area (Å²) in [5, 5.41) is 8.23. The quantitative estimate of drug-likeness (QED) is 0.470. The van der Waals surface area contributed by atoms with E-state index in [0.717, 1.165) is 53.4 Å². The van der Waals surface area contributed by atoms with Gasteiger partial charge in [-0.25, -0.2) is 14.5 Å². The van der Waals surface area contributed by atoms with Crippen LogP contribution in [0.25, 0.3) is 17.0 Å². The van der Waals surface area contributed by atoms with E-state index in [9.17, 15) is 4.79 Å². The lowest BCUT2D eigenvalue weighted by Crippen LogP contribution is -2.41. The van der Waals surface area contributed by atoms with Crippen LogP contribution in [0.5, 0.6) is 0 Å². The van der Waals surface area contributed by atoms with Crippen LogP contribution in [0.1, 0.15) is 69.4 Å². The van der Waals surface area contributed by atoms with Crippen LogP contribution in [0.15, 0.2) is 34.2 Å². The average molecular weight is 409 g/mol. The van der Waals surface area contributed by atoms with E-state index >= 15 is 0 Å². The first-order chi connectivity index (χ1) is 14.2. The molecule has 1 N–H and O–H groups in total. The van der Waals surface area contributed by atoms with Crippen LogP contribution in [0.4, 0.5) is 0 Å². The van der Waals surface area contributed by atoms with Gasteiger partial charge in [-0.2, -0.15) is 0 Å². The van der Waals surface area contributed by atoms with E-state index in [1.165, 1.54) is 37.7 Å². The summed E-state index contributed by atoms with van der Waals surface area (Å²) in [7, 11) is 0. The molecule has 0 saturated heterocycles. The van der Waals surface area contributed by atoms with Crippen LogP contribution >= 0.6 is 11.8 Å². The van der Waals surface area contributed by atoms with Crippen molar-refractivity contribution in [3.8, 4) is 11.3 Å². The minimum atomic E-state index is -0.0748. The van der Waals surface area contributed by atoms with E-state index in [1.54, 1.807) is 16.2 Å². The fraction of sp³-hybridized carbons (Fsp3) is 0.522. The Labute approximate surface area is 175 Å². The molecule has 1 spiro atoms. The summed E-state index contributed by atoms with van der Waals surface area (Å²) in [4.78, 5) is 18.8. The lowest BCUT2D eigenvalue weighted by Gasteiger charge is -2.41. The number of nitrogens with zero attached hydrogens (tertiary/aromatic N) is 3. The molecule has 1 saturated carbocycles. The summed E-state index contributed by atoms with van der Waals surface area (Å²) in [5.74, 6) is 1.54. The number of nitrogens with one attached hydrogen (secondary N) is 1. The minimum absolute atomic E-state index is 0.0748. The fourth-order valence-corrected chi connectivity index (χ4v) is 6.16. The van der Waals surface area contributed by atoms with Crippen molar-refractivity contribution in [3.05, 3.63) is 45.7 Å². The largest absolute Gasteiger partial charge is 0.268 e. The van der Waals surface area contributed by atoms with E-state index < -0.39 is 0 Å². The van der Waals surface area contributed by atoms with Crippen molar-refractivity contribution >= 4 is 17.5 Å². The standard InChI is InChI=1S/C23H28N4OS/c1-2-3-9-14-29-22-26-25-21-24-19-17-11-6-5-10-16(17)15-23(12-7-4-8-13-23)18(19)20(28)27(21)22/h5-6,10-11H,2-4,7-9,12-15H2,1H3,(H,24,25). The van der Waals surface area contributed by atoms with Gasteiger partial charge in [0.1, 0.15) is 0 Å². The number of unbranched alkanes of at least 4 members (excludes halogenated alkanes) is 2. The number of hydrogen-bond donors (Lipinski definition) is 1. The molecule has 2 aliphatic carbocycles. The molecule has 0 radical (unpaired) electrons. The highest BCUT2D eigenvalue weighted by Crippen LogP contribution is 2.48. The van der Waals surface area contributed by atoms with Crippen LogP contribution in [-0.2, 0) is 11.8 Å². The Kier molecular flexibility index (Phi) is 4.98. The molecule has 0 bridgehead atoms. The number of aromatic nitrogens is 4. The molecule has 5 rings (SSSR count). The van der Waals surface area contributed by atoms with Gasteiger partial charge < -0.3 is 0 Å². The van der Waals surface area contributed by atoms with Gasteiger partial charge in [0.25, 0.3) is 5.56 Å². The summed E-state index contributed by atoms with van der Waals surface area (Å²) in [6, 6.07) is 8.48. The molecule has 2 aromatic heterocycles. The smallest absolute Gasteiger partial charge is 0.265 e. The van der Waals surface area contributed by atoms with E-state index in [1.807, 2.05) is 6.07 Å². The molecule has 1 fully saturated rings. The third-order valence-electron chi connectivity index (χ3n) is 6.65. The second-order valence-corrected chi connectivity index (χ2v) is 9.60. The van der Waals surface area contributed by atoms with Gasteiger partial charge in [0.2, 0.25) is 5.78 Å². The SMILES string of the molecule is CCCCCSc1n[nH]c2nc3c(c(=O)n12)C1(CCCCC1)Cc1ccccc1-3. The summed E-state index contributed by atoms with van der Waals surface area (Å²) in [6.07, 6.45) is 10.3. The molecule has 0 atom stereocenters. The summed E-state index contributed by atoms with van der Waals surface area (Å²) < 4.78 is 1.74. The summed E-state index contributed by atoms with van der Waals surface area (Å²) in [5.41, 5.74) is 4.27. The second kappa shape index (κ2) is 7.63. The zero-order valence-electron chi connectivity index (χ0n) is 17.0. The van der Waals surface area contributed by atoms with Gasteiger partial charge in [-0.1, -0.05) is 75.1 Å². The molecule has 0 amide bonds. The Hall–Kier alpha value is -2.08. The van der Waals surface area contributed by atoms with Crippen LogP contribution in [0.2, 0.25) is 0 Å². The predicted molar refractivity (Wildman–Crippen MR) is 118 cm³/mol. The number of benzene rings is 1. The van der Waals surface area contributed by atoms with Gasteiger partial charge in [0.15, 0.2) is 5.16 Å². The van der Waals surface area contributed by atoms with Gasteiger partial charge in [0.05, 0.1) is 11.3 Å². The lowest BCUT2D eigenvalue weighted by molar-refractivity contribution is 0.284. The summed E-state index contributed by atoms with van der Waals surface area (Å²) in [6.45, 7) is 2.21. The number of hydrogen-bond acceptors (Lipinski definition) is 4. The predicted octanol–water partition coefficient (Wildman–Crippen LogP) is 5.12. The number of thioether (sulfide) groups is 1. The van der Waals surface area contributed by atoms with Crippen LogP contribution < -0.4 is 5.56 Å². The monoisotopic (exact) mass is 408 g/mol. The Morgan fingerprint density at radius 1 is 1.17 bits per heavy atom. The molecule has 0 unspecified atom stereocenters. The first-order valence-electron chi connectivity index (χ1n) is 11.0. The number of rotatable bonds is 5. The third kappa shape index (κ3) is 3.12. The van der Waals surface area contributed by atoms with Gasteiger partial charge in [-0.3, -0.25) is 4.79 Å². The average Bonchev–Trinajstić information content (AvgIpc) is 3.15. The highest BCUT2D eigenvalue weighted by molar-refractivity contribution is 7.99. The third-order valence-corrected chi connectivity index (χ3v) is 7.67. The first kappa shape index (κ1) is 18.9. The molecule has 1 aromatic carbocycles. The lowest BCUT2D eigenvalue weighted by atomic mass is 9.62. The van der Waals surface area contributed by atoms with Crippen LogP contribution in [-0.4, -0.2) is 25.3 Å². The van der Waals surface area contributed by atoms with Crippen LogP contribution in [0, 0.1) is 0 Å². The molecule has 152 valence electrons. The Bertz CT molecular complexity index is 1090. The van der Waals surface area contributed by atoms with Crippen molar-refractivity contribution in [2.45, 2.75) is 75.3 Å².